The molecule has 0 radical (unpaired) electrons. The molecule has 3 rings (SSSR count). The van der Waals surface area contributed by atoms with Gasteiger partial charge in [0.25, 0.3) is 0 Å². The summed E-state index contributed by atoms with van der Waals surface area (Å²) < 4.78 is 0. The molecule has 0 atom stereocenters. The Morgan fingerprint density at radius 2 is 1.67 bits per heavy atom. The van der Waals surface area contributed by atoms with E-state index in [2.05, 4.69) is 54.2 Å². The predicted octanol–water partition coefficient (Wildman–Crippen LogP) is 2.51. The summed E-state index contributed by atoms with van der Waals surface area (Å²) in [7, 11) is 0. The molecular weight excluding hydrogens is 304 g/mol. The molecule has 3 aromatic heterocycles. The number of anilines is 1. The second-order valence-corrected chi connectivity index (χ2v) is 5.03. The van der Waals surface area contributed by atoms with Crippen molar-refractivity contribution in [2.24, 2.45) is 0 Å². The van der Waals surface area contributed by atoms with E-state index in [1.807, 2.05) is 6.07 Å². The van der Waals surface area contributed by atoms with Crippen molar-refractivity contribution in [3.05, 3.63) is 49.1 Å². The predicted molar refractivity (Wildman–Crippen MR) is 89.5 cm³/mol. The largest absolute Gasteiger partial charge is 0.358 e. The first-order chi connectivity index (χ1) is 11.8. The second kappa shape index (κ2) is 7.32. The molecular formula is C16H16N8. The summed E-state index contributed by atoms with van der Waals surface area (Å²) >= 11 is 0. The second-order valence-electron chi connectivity index (χ2n) is 5.03. The first kappa shape index (κ1) is 15.6. The van der Waals surface area contributed by atoms with Gasteiger partial charge in [-0.1, -0.05) is 19.9 Å². The van der Waals surface area contributed by atoms with E-state index in [1.54, 1.807) is 30.7 Å². The van der Waals surface area contributed by atoms with Crippen molar-refractivity contribution in [2.75, 3.05) is 5.32 Å². The lowest BCUT2D eigenvalue weighted by Gasteiger charge is -2.08. The lowest BCUT2D eigenvalue weighted by atomic mass is 10.2. The zero-order valence-corrected chi connectivity index (χ0v) is 13.2. The van der Waals surface area contributed by atoms with Gasteiger partial charge in [-0.3, -0.25) is 4.98 Å². The lowest BCUT2D eigenvalue weighted by molar-refractivity contribution is 0.857. The standard InChI is InChI=1S/C16H16N8/c1-3-5-11(2)20-12-6-7-13(19-10-12)14-21-23-16(24-22-14)15-17-8-4-9-18-15/h4,6-10,20H,2-3,5H2,1H3. The van der Waals surface area contributed by atoms with Crippen LogP contribution in [0.5, 0.6) is 0 Å². The van der Waals surface area contributed by atoms with Crippen LogP contribution in [0.25, 0.3) is 23.2 Å². The van der Waals surface area contributed by atoms with Crippen LogP contribution in [0, 0.1) is 0 Å². The molecule has 8 nitrogen and oxygen atoms in total. The van der Waals surface area contributed by atoms with E-state index in [4.69, 9.17) is 0 Å². The smallest absolute Gasteiger partial charge is 0.240 e. The Kier molecular flexibility index (Phi) is 4.76. The van der Waals surface area contributed by atoms with Crippen LogP contribution in [0.2, 0.25) is 0 Å². The molecule has 0 fully saturated rings. The maximum atomic E-state index is 4.32. The van der Waals surface area contributed by atoms with Crippen LogP contribution in [-0.2, 0) is 0 Å². The Morgan fingerprint density at radius 3 is 2.29 bits per heavy atom. The fraction of sp³-hybridized carbons (Fsp3) is 0.188. The SMILES string of the molecule is C=C(CCC)Nc1ccc(-c2nnc(-c3ncccn3)nn2)nc1. The fourth-order valence-corrected chi connectivity index (χ4v) is 2.00. The van der Waals surface area contributed by atoms with Crippen molar-refractivity contribution in [1.29, 1.82) is 0 Å². The summed E-state index contributed by atoms with van der Waals surface area (Å²) in [6, 6.07) is 5.41. The quantitative estimate of drug-likeness (QED) is 0.739. The van der Waals surface area contributed by atoms with Crippen LogP contribution in [0.15, 0.2) is 49.1 Å². The Labute approximate surface area is 139 Å². The molecule has 1 N–H and O–H groups in total. The average Bonchev–Trinajstić information content (AvgIpc) is 2.63. The van der Waals surface area contributed by atoms with E-state index in [0.29, 0.717) is 17.3 Å². The molecule has 120 valence electrons. The van der Waals surface area contributed by atoms with Crippen molar-refractivity contribution >= 4 is 5.69 Å². The molecule has 0 aliphatic heterocycles. The number of pyridine rings is 1. The molecule has 0 unspecified atom stereocenters. The van der Waals surface area contributed by atoms with Crippen molar-refractivity contribution in [2.45, 2.75) is 19.8 Å². The fourth-order valence-electron chi connectivity index (χ4n) is 2.00. The van der Waals surface area contributed by atoms with Gasteiger partial charge in [0.05, 0.1) is 11.9 Å². The summed E-state index contributed by atoms with van der Waals surface area (Å²) in [5.41, 5.74) is 2.41. The molecule has 3 aromatic rings. The van der Waals surface area contributed by atoms with Gasteiger partial charge in [-0.05, 0) is 24.6 Å². The first-order valence-electron chi connectivity index (χ1n) is 7.52. The third-order valence-corrected chi connectivity index (χ3v) is 3.11. The van der Waals surface area contributed by atoms with E-state index in [9.17, 15) is 0 Å². The highest BCUT2D eigenvalue weighted by molar-refractivity contribution is 5.54. The lowest BCUT2D eigenvalue weighted by Crippen LogP contribution is -2.03. The van der Waals surface area contributed by atoms with Crippen molar-refractivity contribution in [3.8, 4) is 23.2 Å². The zero-order chi connectivity index (χ0) is 16.8. The van der Waals surface area contributed by atoms with Gasteiger partial charge in [-0.25, -0.2) is 9.97 Å². The minimum atomic E-state index is 0.272. The van der Waals surface area contributed by atoms with Gasteiger partial charge in [0, 0.05) is 18.1 Å². The molecule has 24 heavy (non-hydrogen) atoms. The zero-order valence-electron chi connectivity index (χ0n) is 13.2. The number of rotatable bonds is 6. The molecule has 0 saturated heterocycles. The van der Waals surface area contributed by atoms with Crippen LogP contribution in [0.1, 0.15) is 19.8 Å². The number of hydrogen-bond acceptors (Lipinski definition) is 8. The van der Waals surface area contributed by atoms with Gasteiger partial charge >= 0.3 is 0 Å². The summed E-state index contributed by atoms with van der Waals surface area (Å²) in [6.45, 7) is 6.07. The van der Waals surface area contributed by atoms with Crippen LogP contribution in [0.3, 0.4) is 0 Å². The van der Waals surface area contributed by atoms with Gasteiger partial charge in [0.1, 0.15) is 5.69 Å². The molecule has 8 heteroatoms. The highest BCUT2D eigenvalue weighted by Gasteiger charge is 2.09. The number of nitrogens with one attached hydrogen (secondary N) is 1. The highest BCUT2D eigenvalue weighted by Crippen LogP contribution is 2.16. The van der Waals surface area contributed by atoms with E-state index < -0.39 is 0 Å². The Hall–Kier alpha value is -3.29. The summed E-state index contributed by atoms with van der Waals surface area (Å²) in [5, 5.41) is 19.3. The van der Waals surface area contributed by atoms with Crippen LogP contribution < -0.4 is 5.32 Å². The highest BCUT2D eigenvalue weighted by atomic mass is 15.3. The molecule has 0 aliphatic rings. The Balaban J connectivity index is 1.74. The van der Waals surface area contributed by atoms with Crippen LogP contribution in [-0.4, -0.2) is 35.3 Å². The number of allylic oxidation sites excluding steroid dienone is 1. The number of aromatic nitrogens is 7. The average molecular weight is 320 g/mol. The van der Waals surface area contributed by atoms with E-state index in [1.165, 1.54) is 0 Å². The monoisotopic (exact) mass is 320 g/mol. The molecule has 3 heterocycles. The van der Waals surface area contributed by atoms with Gasteiger partial charge in [0.2, 0.25) is 17.5 Å². The first-order valence-corrected chi connectivity index (χ1v) is 7.52. The van der Waals surface area contributed by atoms with Gasteiger partial charge in [-0.15, -0.1) is 20.4 Å². The van der Waals surface area contributed by atoms with E-state index in [0.717, 1.165) is 24.2 Å². The van der Waals surface area contributed by atoms with Crippen molar-refractivity contribution < 1.29 is 0 Å². The molecule has 0 amide bonds. The molecule has 0 aromatic carbocycles. The third kappa shape index (κ3) is 3.72. The van der Waals surface area contributed by atoms with Gasteiger partial charge in [-0.2, -0.15) is 0 Å². The minimum Gasteiger partial charge on any atom is -0.358 e. The van der Waals surface area contributed by atoms with Crippen molar-refractivity contribution in [1.82, 2.24) is 35.3 Å². The topological polar surface area (TPSA) is 102 Å². The molecule has 0 bridgehead atoms. The van der Waals surface area contributed by atoms with Gasteiger partial charge in [0.15, 0.2) is 0 Å². The van der Waals surface area contributed by atoms with E-state index in [-0.39, 0.29) is 5.82 Å². The normalized spacial score (nSPS) is 10.4. The minimum absolute atomic E-state index is 0.272. The van der Waals surface area contributed by atoms with Gasteiger partial charge < -0.3 is 5.32 Å². The van der Waals surface area contributed by atoms with Crippen molar-refractivity contribution in [3.63, 3.8) is 0 Å². The summed E-state index contributed by atoms with van der Waals surface area (Å²) in [5.74, 6) is 0.994. The third-order valence-electron chi connectivity index (χ3n) is 3.11. The molecule has 0 spiro atoms. The summed E-state index contributed by atoms with van der Waals surface area (Å²) in [4.78, 5) is 12.4. The van der Waals surface area contributed by atoms with Crippen LogP contribution in [0.4, 0.5) is 5.69 Å². The van der Waals surface area contributed by atoms with E-state index >= 15 is 0 Å². The Bertz CT molecular complexity index is 800. The maximum absolute atomic E-state index is 4.32. The number of nitrogens with zero attached hydrogens (tertiary/aromatic N) is 7. The summed E-state index contributed by atoms with van der Waals surface area (Å²) in [6.07, 6.45) is 6.88. The number of hydrogen-bond donors (Lipinski definition) is 1. The maximum Gasteiger partial charge on any atom is 0.240 e. The van der Waals surface area contributed by atoms with Crippen LogP contribution >= 0.6 is 0 Å². The molecule has 0 saturated carbocycles. The Morgan fingerprint density at radius 1 is 0.958 bits per heavy atom. The molecule has 0 aliphatic carbocycles.